The van der Waals surface area contributed by atoms with Crippen LogP contribution in [0.2, 0.25) is 0 Å². The molecule has 0 aliphatic carbocycles. The van der Waals surface area contributed by atoms with Crippen LogP contribution in [0.4, 0.5) is 0 Å². The second kappa shape index (κ2) is 6.36. The Morgan fingerprint density at radius 1 is 1.47 bits per heavy atom. The molecule has 0 bridgehead atoms. The second-order valence-electron chi connectivity index (χ2n) is 3.44. The van der Waals surface area contributed by atoms with Crippen LogP contribution in [0.5, 0.6) is 11.5 Å². The fourth-order valence-corrected chi connectivity index (χ4v) is 1.66. The van der Waals surface area contributed by atoms with Crippen LogP contribution >= 0.6 is 12.0 Å². The Bertz CT molecular complexity index is 397. The van der Waals surface area contributed by atoms with E-state index in [1.54, 1.807) is 19.4 Å². The van der Waals surface area contributed by atoms with Crippen molar-refractivity contribution in [2.45, 2.75) is 12.5 Å². The third kappa shape index (κ3) is 3.83. The second-order valence-corrected chi connectivity index (χ2v) is 3.94. The third-order valence-electron chi connectivity index (χ3n) is 2.28. The number of phenols is 2. The zero-order valence-electron chi connectivity index (χ0n) is 9.64. The highest BCUT2D eigenvalue weighted by molar-refractivity contribution is 7.94. The van der Waals surface area contributed by atoms with Crippen molar-refractivity contribution in [2.24, 2.45) is 0 Å². The van der Waals surface area contributed by atoms with E-state index in [0.29, 0.717) is 6.42 Å². The molecule has 1 aromatic rings. The Morgan fingerprint density at radius 3 is 2.71 bits per heavy atom. The highest BCUT2D eigenvalue weighted by Gasteiger charge is 2.19. The third-order valence-corrected chi connectivity index (χ3v) is 2.61. The zero-order chi connectivity index (χ0) is 12.8. The largest absolute Gasteiger partial charge is 0.504 e. The van der Waals surface area contributed by atoms with E-state index in [2.05, 4.69) is 5.32 Å². The van der Waals surface area contributed by atoms with E-state index in [4.69, 9.17) is 9.29 Å². The van der Waals surface area contributed by atoms with Crippen molar-refractivity contribution in [2.75, 3.05) is 13.3 Å². The first-order chi connectivity index (χ1) is 8.08. The lowest BCUT2D eigenvalue weighted by molar-refractivity contribution is -0.135. The number of hydrogen-bond donors (Lipinski definition) is 3. The minimum absolute atomic E-state index is 0.179. The minimum Gasteiger partial charge on any atom is -0.504 e. The van der Waals surface area contributed by atoms with Gasteiger partial charge in [0, 0.05) is 6.26 Å². The summed E-state index contributed by atoms with van der Waals surface area (Å²) in [5.41, 5.74) is 0.734. The van der Waals surface area contributed by atoms with Crippen LogP contribution in [-0.4, -0.2) is 35.5 Å². The number of nitrogens with one attached hydrogen (secondary N) is 1. The quantitative estimate of drug-likeness (QED) is 0.540. The van der Waals surface area contributed by atoms with Gasteiger partial charge in [0.2, 0.25) is 0 Å². The fraction of sp³-hybridized carbons (Fsp3) is 0.364. The van der Waals surface area contributed by atoms with Gasteiger partial charge in [0.15, 0.2) is 11.5 Å². The van der Waals surface area contributed by atoms with Gasteiger partial charge in [-0.3, -0.25) is 0 Å². The van der Waals surface area contributed by atoms with Crippen LogP contribution in [-0.2, 0) is 15.4 Å². The molecule has 1 atom stereocenters. The van der Waals surface area contributed by atoms with Crippen LogP contribution in [0.1, 0.15) is 5.56 Å². The van der Waals surface area contributed by atoms with Crippen molar-refractivity contribution in [3.05, 3.63) is 23.8 Å². The molecule has 0 fully saturated rings. The summed E-state index contributed by atoms with van der Waals surface area (Å²) in [7, 11) is 1.66. The first kappa shape index (κ1) is 13.7. The van der Waals surface area contributed by atoms with Crippen molar-refractivity contribution in [3.8, 4) is 11.5 Å². The SMILES string of the molecule is CNC(Cc1ccc(O)c(O)c1)C(=O)OSC. The summed E-state index contributed by atoms with van der Waals surface area (Å²) < 4.78 is 4.82. The highest BCUT2D eigenvalue weighted by Crippen LogP contribution is 2.25. The summed E-state index contributed by atoms with van der Waals surface area (Å²) in [5, 5.41) is 21.3. The van der Waals surface area contributed by atoms with Gasteiger partial charge in [-0.25, -0.2) is 4.79 Å². The molecule has 5 nitrogen and oxygen atoms in total. The number of phenolic OH excluding ortho intramolecular Hbond substituents is 2. The lowest BCUT2D eigenvalue weighted by Gasteiger charge is -2.14. The predicted molar refractivity (Wildman–Crippen MR) is 65.9 cm³/mol. The van der Waals surface area contributed by atoms with Gasteiger partial charge < -0.3 is 19.7 Å². The maximum atomic E-state index is 11.5. The number of benzene rings is 1. The van der Waals surface area contributed by atoms with Crippen LogP contribution in [0.25, 0.3) is 0 Å². The molecule has 0 aliphatic rings. The van der Waals surface area contributed by atoms with Crippen molar-refractivity contribution >= 4 is 18.0 Å². The summed E-state index contributed by atoms with van der Waals surface area (Å²) in [5.74, 6) is -0.746. The minimum atomic E-state index is -0.480. The van der Waals surface area contributed by atoms with Crippen LogP contribution in [0, 0.1) is 0 Å². The van der Waals surface area contributed by atoms with Gasteiger partial charge >= 0.3 is 5.97 Å². The van der Waals surface area contributed by atoms with E-state index in [-0.39, 0.29) is 17.5 Å². The van der Waals surface area contributed by atoms with Crippen LogP contribution in [0.3, 0.4) is 0 Å². The maximum Gasteiger partial charge on any atom is 0.335 e. The number of aromatic hydroxyl groups is 2. The zero-order valence-corrected chi connectivity index (χ0v) is 10.5. The number of carbonyl (C=O) groups is 1. The summed E-state index contributed by atoms with van der Waals surface area (Å²) in [6, 6.07) is 3.97. The molecule has 0 radical (unpaired) electrons. The molecule has 3 N–H and O–H groups in total. The lowest BCUT2D eigenvalue weighted by atomic mass is 10.1. The normalized spacial score (nSPS) is 12.1. The van der Waals surface area contributed by atoms with Crippen LogP contribution in [0.15, 0.2) is 18.2 Å². The number of hydrogen-bond acceptors (Lipinski definition) is 6. The van der Waals surface area contributed by atoms with Gasteiger partial charge in [-0.15, -0.1) is 0 Å². The van der Waals surface area contributed by atoms with E-state index >= 15 is 0 Å². The van der Waals surface area contributed by atoms with Gasteiger partial charge in [0.25, 0.3) is 0 Å². The first-order valence-corrected chi connectivity index (χ1v) is 6.16. The topological polar surface area (TPSA) is 78.8 Å². The highest BCUT2D eigenvalue weighted by atomic mass is 32.2. The molecule has 0 saturated heterocycles. The smallest absolute Gasteiger partial charge is 0.335 e. The summed E-state index contributed by atoms with van der Waals surface area (Å²) in [6.07, 6.45) is 2.04. The van der Waals surface area contributed by atoms with E-state index in [1.807, 2.05) is 0 Å². The predicted octanol–water partition coefficient (Wildman–Crippen LogP) is 1.05. The van der Waals surface area contributed by atoms with E-state index in [1.165, 1.54) is 12.1 Å². The molecule has 6 heteroatoms. The standard InChI is InChI=1S/C11H15NO4S/c1-12-8(11(15)16-17-2)5-7-3-4-9(13)10(14)6-7/h3-4,6,8,12-14H,5H2,1-2H3. The Kier molecular flexibility index (Phi) is 5.11. The average molecular weight is 257 g/mol. The molecule has 17 heavy (non-hydrogen) atoms. The average Bonchev–Trinajstić information content (AvgIpc) is 2.30. The Hall–Kier alpha value is -1.40. The molecule has 0 aliphatic heterocycles. The molecule has 0 heterocycles. The molecule has 0 aromatic heterocycles. The van der Waals surface area contributed by atoms with Gasteiger partial charge in [-0.1, -0.05) is 6.07 Å². The molecular weight excluding hydrogens is 242 g/mol. The van der Waals surface area contributed by atoms with Gasteiger partial charge in [-0.2, -0.15) is 0 Å². The van der Waals surface area contributed by atoms with E-state index in [0.717, 1.165) is 17.6 Å². The van der Waals surface area contributed by atoms with Crippen molar-refractivity contribution in [1.82, 2.24) is 5.32 Å². The van der Waals surface area contributed by atoms with Gasteiger partial charge in [0.05, 0.1) is 12.0 Å². The van der Waals surface area contributed by atoms with E-state index in [9.17, 15) is 9.90 Å². The number of carbonyl (C=O) groups excluding carboxylic acids is 1. The Labute approximate surface area is 104 Å². The molecule has 0 saturated carbocycles. The number of likely N-dealkylation sites (N-methyl/N-ethyl adjacent to an activating group) is 1. The van der Waals surface area contributed by atoms with Crippen molar-refractivity contribution < 1.29 is 19.2 Å². The Morgan fingerprint density at radius 2 is 2.18 bits per heavy atom. The van der Waals surface area contributed by atoms with Crippen LogP contribution < -0.4 is 5.32 Å². The molecule has 0 amide bonds. The summed E-state index contributed by atoms with van der Waals surface area (Å²) in [6.45, 7) is 0. The summed E-state index contributed by atoms with van der Waals surface area (Å²) >= 11 is 0.991. The van der Waals surface area contributed by atoms with Crippen molar-refractivity contribution in [3.63, 3.8) is 0 Å². The molecule has 1 aromatic carbocycles. The fourth-order valence-electron chi connectivity index (χ4n) is 1.38. The van der Waals surface area contributed by atoms with Gasteiger partial charge in [-0.05, 0) is 31.2 Å². The molecule has 1 rings (SSSR count). The van der Waals surface area contributed by atoms with Crippen molar-refractivity contribution in [1.29, 1.82) is 0 Å². The first-order valence-electron chi connectivity index (χ1n) is 5.01. The summed E-state index contributed by atoms with van der Waals surface area (Å²) in [4.78, 5) is 11.5. The van der Waals surface area contributed by atoms with E-state index < -0.39 is 6.04 Å². The molecule has 0 spiro atoms. The lowest BCUT2D eigenvalue weighted by Crippen LogP contribution is -2.36. The molecule has 94 valence electrons. The number of rotatable bonds is 5. The Balaban J connectivity index is 2.73. The maximum absolute atomic E-state index is 11.5. The van der Waals surface area contributed by atoms with Gasteiger partial charge in [0.1, 0.15) is 6.04 Å². The molecular formula is C11H15NO4S. The molecule has 1 unspecified atom stereocenters. The monoisotopic (exact) mass is 257 g/mol.